The van der Waals surface area contributed by atoms with E-state index in [-0.39, 0.29) is 28.9 Å². The molecular weight excluding hydrogens is 703 g/mol. The molecule has 1 aromatic heterocycles. The van der Waals surface area contributed by atoms with E-state index >= 15 is 0 Å². The second-order valence-corrected chi connectivity index (χ2v) is 15.9. The van der Waals surface area contributed by atoms with Crippen LogP contribution in [-0.2, 0) is 19.4 Å². The molecule has 2 heterocycles. The third-order valence-corrected chi connectivity index (χ3v) is 11.3. The van der Waals surface area contributed by atoms with Gasteiger partial charge in [-0.3, -0.25) is 9.42 Å². The number of sulfone groups is 1. The largest absolute Gasteiger partial charge is 0.464 e. The number of esters is 1. The average Bonchev–Trinajstić information content (AvgIpc) is 3.77. The van der Waals surface area contributed by atoms with Gasteiger partial charge in [-0.05, 0) is 108 Å². The fourth-order valence-corrected chi connectivity index (χ4v) is 8.00. The van der Waals surface area contributed by atoms with Gasteiger partial charge in [0.25, 0.3) is 15.7 Å². The molecule has 1 saturated heterocycles. The van der Waals surface area contributed by atoms with E-state index < -0.39 is 32.8 Å². The zero-order valence-electron chi connectivity index (χ0n) is 30.4. The Bertz CT molecular complexity index is 1850. The molecule has 0 bridgehead atoms. The first-order valence-corrected chi connectivity index (χ1v) is 20.1. The fourth-order valence-electron chi connectivity index (χ4n) is 5.67. The van der Waals surface area contributed by atoms with E-state index in [4.69, 9.17) is 9.47 Å². The van der Waals surface area contributed by atoms with Crippen LogP contribution in [0.25, 0.3) is 0 Å². The number of allylic oxidation sites excluding steroid dienone is 5. The standard InChI is InChI=1S/C39H49N3O8S2/c1-29(2)15-12-16-30(3)17-13-18-31(4)24-28-51-35-23-9-8-21-33(35)37(43)41-25-14-22-34(41)39(44)49-27-11-10-26-48-36-38(42(45)50-40-36)52(46,47)32-19-6-5-7-20-32/h5-9,15,17,19-21,23-24,34H,10-14,16,18,22,25-28H2,1-4H3/b30-17+,31-24+/t34-/m0/s1. The highest BCUT2D eigenvalue weighted by atomic mass is 32.2. The van der Waals surface area contributed by atoms with Crippen molar-refractivity contribution >= 4 is 33.5 Å². The molecule has 52 heavy (non-hydrogen) atoms. The SMILES string of the molecule is CC(C)=CCC/C(C)=C/CC/C(C)=C/CSc1ccccc1C(=O)N1CCC[C@H]1C(=O)OCCCCOc1no[n+]([O-])c1S(=O)(=O)c1ccccc1. The first-order valence-electron chi connectivity index (χ1n) is 17.7. The van der Waals surface area contributed by atoms with E-state index in [1.165, 1.54) is 41.0 Å². The smallest absolute Gasteiger partial charge is 0.414 e. The van der Waals surface area contributed by atoms with Gasteiger partial charge in [-0.25, -0.2) is 13.2 Å². The van der Waals surface area contributed by atoms with Gasteiger partial charge in [0.2, 0.25) is 0 Å². The second kappa shape index (κ2) is 20.0. The topological polar surface area (TPSA) is 143 Å². The Hall–Kier alpha value is -4.36. The van der Waals surface area contributed by atoms with Crippen LogP contribution in [0.1, 0.15) is 89.4 Å². The quantitative estimate of drug-likeness (QED) is 0.0394. The van der Waals surface area contributed by atoms with Crippen molar-refractivity contribution in [3.8, 4) is 5.88 Å². The first-order chi connectivity index (χ1) is 25.0. The summed E-state index contributed by atoms with van der Waals surface area (Å²) >= 11 is 1.61. The second-order valence-electron chi connectivity index (χ2n) is 13.0. The predicted molar refractivity (Wildman–Crippen MR) is 200 cm³/mol. The van der Waals surface area contributed by atoms with Gasteiger partial charge in [0.15, 0.2) is 0 Å². The molecule has 0 radical (unpaired) electrons. The monoisotopic (exact) mass is 751 g/mol. The molecule has 1 atom stereocenters. The Kier molecular flexibility index (Phi) is 15.6. The van der Waals surface area contributed by atoms with Crippen molar-refractivity contribution in [2.45, 2.75) is 99.9 Å². The highest BCUT2D eigenvalue weighted by molar-refractivity contribution is 7.99. The summed E-state index contributed by atoms with van der Waals surface area (Å²) in [6, 6.07) is 14.3. The average molecular weight is 752 g/mol. The molecule has 0 unspecified atom stereocenters. The van der Waals surface area contributed by atoms with Crippen molar-refractivity contribution in [2.24, 2.45) is 0 Å². The lowest BCUT2D eigenvalue weighted by Crippen LogP contribution is -2.41. The van der Waals surface area contributed by atoms with Gasteiger partial charge < -0.3 is 19.6 Å². The predicted octanol–water partition coefficient (Wildman–Crippen LogP) is 7.66. The minimum atomic E-state index is -4.22. The highest BCUT2D eigenvalue weighted by Gasteiger charge is 2.37. The normalized spacial score (nSPS) is 15.1. The summed E-state index contributed by atoms with van der Waals surface area (Å²) in [6.07, 6.45) is 13.0. The summed E-state index contributed by atoms with van der Waals surface area (Å²) in [4.78, 5) is 29.0. The number of hydrogen-bond acceptors (Lipinski definition) is 10. The lowest BCUT2D eigenvalue weighted by molar-refractivity contribution is -0.832. The third kappa shape index (κ3) is 11.6. The van der Waals surface area contributed by atoms with Gasteiger partial charge in [-0.2, -0.15) is 0 Å². The molecule has 13 heteroatoms. The molecule has 0 saturated carbocycles. The van der Waals surface area contributed by atoms with Gasteiger partial charge in [0.05, 0.1) is 28.8 Å². The molecule has 0 spiro atoms. The number of ether oxygens (including phenoxy) is 2. The summed E-state index contributed by atoms with van der Waals surface area (Å²) in [5, 5.41) is 14.8. The molecule has 11 nitrogen and oxygen atoms in total. The van der Waals surface area contributed by atoms with Gasteiger partial charge in [-0.1, -0.05) is 65.3 Å². The van der Waals surface area contributed by atoms with Crippen molar-refractivity contribution in [2.75, 3.05) is 25.5 Å². The summed E-state index contributed by atoms with van der Waals surface area (Å²) < 4.78 is 41.3. The maximum absolute atomic E-state index is 13.7. The molecule has 1 amide bonds. The molecule has 0 aliphatic carbocycles. The number of benzene rings is 2. The van der Waals surface area contributed by atoms with E-state index in [1.54, 1.807) is 22.7 Å². The fraction of sp³-hybridized carbons (Fsp3) is 0.436. The summed E-state index contributed by atoms with van der Waals surface area (Å²) in [6.45, 7) is 9.15. The number of carbonyl (C=O) groups excluding carboxylic acids is 2. The number of aromatic nitrogens is 2. The van der Waals surface area contributed by atoms with E-state index in [2.05, 4.69) is 55.7 Å². The summed E-state index contributed by atoms with van der Waals surface area (Å²) in [7, 11) is -4.22. The van der Waals surface area contributed by atoms with Crippen LogP contribution in [0, 0.1) is 5.21 Å². The van der Waals surface area contributed by atoms with Crippen LogP contribution in [-0.4, -0.2) is 61.9 Å². The van der Waals surface area contributed by atoms with E-state index in [9.17, 15) is 23.2 Å². The van der Waals surface area contributed by atoms with E-state index in [0.29, 0.717) is 37.8 Å². The Morgan fingerprint density at radius 2 is 1.63 bits per heavy atom. The van der Waals surface area contributed by atoms with Crippen LogP contribution in [0.2, 0.25) is 0 Å². The highest BCUT2D eigenvalue weighted by Crippen LogP contribution is 2.29. The Morgan fingerprint density at radius 1 is 0.962 bits per heavy atom. The number of amides is 1. The Labute approximate surface area is 311 Å². The molecule has 4 rings (SSSR count). The number of hydrogen-bond donors (Lipinski definition) is 0. The molecule has 3 aromatic rings. The lowest BCUT2D eigenvalue weighted by Gasteiger charge is -2.24. The minimum Gasteiger partial charge on any atom is -0.464 e. The van der Waals surface area contributed by atoms with E-state index in [0.717, 1.165) is 36.3 Å². The zero-order valence-corrected chi connectivity index (χ0v) is 32.0. The van der Waals surface area contributed by atoms with Crippen molar-refractivity contribution in [3.05, 3.63) is 100 Å². The lowest BCUT2D eigenvalue weighted by atomic mass is 10.1. The number of likely N-dealkylation sites (tertiary alicyclic amines) is 1. The zero-order chi connectivity index (χ0) is 37.5. The molecule has 1 aliphatic rings. The van der Waals surface area contributed by atoms with Gasteiger partial charge in [0, 0.05) is 17.2 Å². The van der Waals surface area contributed by atoms with Crippen molar-refractivity contribution in [3.63, 3.8) is 0 Å². The number of rotatable bonds is 19. The first kappa shape index (κ1) is 40.4. The van der Waals surface area contributed by atoms with Crippen LogP contribution in [0.4, 0.5) is 0 Å². The van der Waals surface area contributed by atoms with Crippen LogP contribution in [0.15, 0.2) is 109 Å². The molecule has 1 fully saturated rings. The van der Waals surface area contributed by atoms with Crippen LogP contribution >= 0.6 is 11.8 Å². The summed E-state index contributed by atoms with van der Waals surface area (Å²) in [5.74, 6) is -0.344. The van der Waals surface area contributed by atoms with Crippen LogP contribution in [0.5, 0.6) is 5.88 Å². The molecule has 2 aromatic carbocycles. The maximum atomic E-state index is 13.7. The maximum Gasteiger partial charge on any atom is 0.414 e. The summed E-state index contributed by atoms with van der Waals surface area (Å²) in [5.41, 5.74) is 4.66. The Balaban J connectivity index is 1.22. The number of carbonyl (C=O) groups is 2. The van der Waals surface area contributed by atoms with Crippen molar-refractivity contribution < 1.29 is 37.0 Å². The number of unbranched alkanes of at least 4 members (excludes halogenated alkanes) is 1. The van der Waals surface area contributed by atoms with Gasteiger partial charge >= 0.3 is 16.9 Å². The van der Waals surface area contributed by atoms with Gasteiger partial charge in [0.1, 0.15) is 6.04 Å². The van der Waals surface area contributed by atoms with E-state index in [1.807, 2.05) is 24.3 Å². The third-order valence-electron chi connectivity index (χ3n) is 8.57. The Morgan fingerprint density at radius 3 is 2.38 bits per heavy atom. The van der Waals surface area contributed by atoms with Crippen LogP contribution < -0.4 is 9.64 Å². The minimum absolute atomic E-state index is 0.00616. The number of nitrogens with zero attached hydrogens (tertiary/aromatic N) is 3. The van der Waals surface area contributed by atoms with Crippen LogP contribution in [0.3, 0.4) is 0 Å². The van der Waals surface area contributed by atoms with Crippen molar-refractivity contribution in [1.29, 1.82) is 0 Å². The molecule has 1 aliphatic heterocycles. The number of thioether (sulfide) groups is 1. The van der Waals surface area contributed by atoms with Crippen molar-refractivity contribution in [1.82, 2.24) is 10.1 Å². The van der Waals surface area contributed by atoms with Gasteiger partial charge in [-0.15, -0.1) is 11.8 Å². The molecule has 0 N–H and O–H groups in total. The molecule has 280 valence electrons. The molecular formula is C39H49N3O8S2.